The van der Waals surface area contributed by atoms with Crippen molar-refractivity contribution in [3.63, 3.8) is 0 Å². The van der Waals surface area contributed by atoms with E-state index in [0.29, 0.717) is 0 Å². The smallest absolute Gasteiger partial charge is 0.137 e. The van der Waals surface area contributed by atoms with Crippen LogP contribution in [0.4, 0.5) is 17.1 Å². The molecule has 76 heavy (non-hydrogen) atoms. The highest BCUT2D eigenvalue weighted by Crippen LogP contribution is 2.61. The number of fused-ring (bicyclic) bond motifs is 9. The molecule has 2 heteroatoms. The minimum absolute atomic E-state index is 0.564. The number of hydrogen-bond acceptors (Lipinski definition) is 2. The molecule has 0 saturated carbocycles. The molecule has 356 valence electrons. The van der Waals surface area contributed by atoms with Crippen LogP contribution in [0, 0.1) is 0 Å². The predicted molar refractivity (Wildman–Crippen MR) is 314 cm³/mol. The lowest BCUT2D eigenvalue weighted by atomic mass is 9.66. The lowest BCUT2D eigenvalue weighted by Crippen LogP contribution is -2.29. The molecule has 15 rings (SSSR count). The summed E-state index contributed by atoms with van der Waals surface area (Å²) in [6.07, 6.45) is 0. The highest BCUT2D eigenvalue weighted by atomic mass is 16.3. The van der Waals surface area contributed by atoms with Gasteiger partial charge in [-0.2, -0.15) is 0 Å². The summed E-state index contributed by atoms with van der Waals surface area (Å²) in [4.78, 5) is 2.42. The number of rotatable bonds is 9. The maximum Gasteiger partial charge on any atom is 0.137 e. The Balaban J connectivity index is 0.956. The Labute approximate surface area is 443 Å². The van der Waals surface area contributed by atoms with Gasteiger partial charge in [0.1, 0.15) is 11.2 Å². The average Bonchev–Trinajstić information content (AvgIpc) is 4.33. The molecule has 2 aliphatic carbocycles. The third-order valence-electron chi connectivity index (χ3n) is 16.4. The van der Waals surface area contributed by atoms with E-state index in [1.807, 2.05) is 6.07 Å². The lowest BCUT2D eigenvalue weighted by Gasteiger charge is -2.35. The van der Waals surface area contributed by atoms with Crippen LogP contribution in [0.5, 0.6) is 0 Å². The van der Waals surface area contributed by atoms with E-state index >= 15 is 0 Å². The largest absolute Gasteiger partial charge is 0.456 e. The first-order chi connectivity index (χ1) is 37.7. The Bertz CT molecular complexity index is 4040. The maximum absolute atomic E-state index is 6.65. The van der Waals surface area contributed by atoms with Crippen molar-refractivity contribution in [3.8, 4) is 44.5 Å². The fourth-order valence-corrected chi connectivity index (χ4v) is 13.4. The van der Waals surface area contributed by atoms with Gasteiger partial charge in [-0.15, -0.1) is 0 Å². The summed E-state index contributed by atoms with van der Waals surface area (Å²) in [5.41, 5.74) is 23.5. The van der Waals surface area contributed by atoms with Crippen LogP contribution in [0.25, 0.3) is 66.4 Å². The van der Waals surface area contributed by atoms with Crippen LogP contribution in [0.1, 0.15) is 44.5 Å². The second kappa shape index (κ2) is 17.4. The topological polar surface area (TPSA) is 16.4 Å². The Morgan fingerprint density at radius 1 is 0.250 bits per heavy atom. The number of furan rings is 1. The van der Waals surface area contributed by atoms with Gasteiger partial charge in [0, 0.05) is 33.9 Å². The highest BCUT2D eigenvalue weighted by molar-refractivity contribution is 6.06. The van der Waals surface area contributed by atoms with Crippen molar-refractivity contribution in [1.29, 1.82) is 0 Å². The molecule has 13 aromatic rings. The van der Waals surface area contributed by atoms with Crippen LogP contribution in [0.2, 0.25) is 0 Å². The molecular formula is C74H49NO. The van der Waals surface area contributed by atoms with Crippen LogP contribution in [-0.2, 0) is 10.8 Å². The van der Waals surface area contributed by atoms with Gasteiger partial charge in [-0.25, -0.2) is 0 Å². The van der Waals surface area contributed by atoms with Crippen molar-refractivity contribution in [2.75, 3.05) is 4.90 Å². The monoisotopic (exact) mass is 967 g/mol. The fraction of sp³-hybridized carbons (Fsp3) is 0.0270. The molecule has 0 atom stereocenters. The quantitative estimate of drug-likeness (QED) is 0.143. The Hall–Kier alpha value is -9.76. The van der Waals surface area contributed by atoms with Crippen molar-refractivity contribution in [1.82, 2.24) is 0 Å². The molecular weight excluding hydrogens is 919 g/mol. The summed E-state index contributed by atoms with van der Waals surface area (Å²) < 4.78 is 6.65. The van der Waals surface area contributed by atoms with E-state index in [1.54, 1.807) is 0 Å². The predicted octanol–water partition coefficient (Wildman–Crippen LogP) is 19.1. The third-order valence-corrected chi connectivity index (χ3v) is 16.4. The van der Waals surface area contributed by atoms with Crippen molar-refractivity contribution < 1.29 is 4.42 Å². The number of anilines is 3. The summed E-state index contributed by atoms with van der Waals surface area (Å²) in [7, 11) is 0. The molecule has 0 aliphatic heterocycles. The Morgan fingerprint density at radius 3 is 1.11 bits per heavy atom. The molecule has 12 aromatic carbocycles. The van der Waals surface area contributed by atoms with Crippen molar-refractivity contribution >= 4 is 39.0 Å². The first kappa shape index (κ1) is 43.8. The van der Waals surface area contributed by atoms with E-state index < -0.39 is 10.8 Å². The molecule has 0 radical (unpaired) electrons. The summed E-state index contributed by atoms with van der Waals surface area (Å²) in [6, 6.07) is 110. The van der Waals surface area contributed by atoms with E-state index in [9.17, 15) is 0 Å². The molecule has 0 bridgehead atoms. The zero-order valence-corrected chi connectivity index (χ0v) is 41.6. The zero-order chi connectivity index (χ0) is 50.2. The van der Waals surface area contributed by atoms with Gasteiger partial charge in [0.2, 0.25) is 0 Å². The Kier molecular flexibility index (Phi) is 10.0. The van der Waals surface area contributed by atoms with E-state index in [4.69, 9.17) is 4.42 Å². The van der Waals surface area contributed by atoms with Crippen LogP contribution >= 0.6 is 0 Å². The van der Waals surface area contributed by atoms with Crippen LogP contribution in [0.15, 0.2) is 302 Å². The van der Waals surface area contributed by atoms with Crippen molar-refractivity contribution in [2.45, 2.75) is 10.8 Å². The summed E-state index contributed by atoms with van der Waals surface area (Å²) in [5, 5.41) is 2.20. The molecule has 1 aromatic heterocycles. The number of nitrogens with zero attached hydrogens (tertiary/aromatic N) is 1. The molecule has 0 saturated heterocycles. The van der Waals surface area contributed by atoms with Gasteiger partial charge >= 0.3 is 0 Å². The van der Waals surface area contributed by atoms with Crippen molar-refractivity contribution in [3.05, 3.63) is 342 Å². The van der Waals surface area contributed by atoms with E-state index in [1.165, 1.54) is 77.9 Å². The summed E-state index contributed by atoms with van der Waals surface area (Å²) in [6.45, 7) is 0. The van der Waals surface area contributed by atoms with Gasteiger partial charge in [-0.1, -0.05) is 249 Å². The minimum Gasteiger partial charge on any atom is -0.456 e. The van der Waals surface area contributed by atoms with Gasteiger partial charge in [0.15, 0.2) is 0 Å². The van der Waals surface area contributed by atoms with E-state index in [0.717, 1.165) is 50.1 Å². The average molecular weight is 968 g/mol. The van der Waals surface area contributed by atoms with Crippen LogP contribution < -0.4 is 4.90 Å². The Morgan fingerprint density at radius 2 is 0.618 bits per heavy atom. The molecule has 0 N–H and O–H groups in total. The second-order valence-corrected chi connectivity index (χ2v) is 20.2. The van der Waals surface area contributed by atoms with Crippen molar-refractivity contribution in [2.24, 2.45) is 0 Å². The van der Waals surface area contributed by atoms with Gasteiger partial charge in [-0.05, 0) is 131 Å². The zero-order valence-electron chi connectivity index (χ0n) is 41.6. The van der Waals surface area contributed by atoms with Gasteiger partial charge in [-0.3, -0.25) is 0 Å². The molecule has 0 unspecified atom stereocenters. The molecule has 1 heterocycles. The first-order valence-corrected chi connectivity index (χ1v) is 26.3. The fourth-order valence-electron chi connectivity index (χ4n) is 13.4. The number of para-hydroxylation sites is 1. The molecule has 0 amide bonds. The van der Waals surface area contributed by atoms with Crippen LogP contribution in [0.3, 0.4) is 0 Å². The number of hydrogen-bond donors (Lipinski definition) is 0. The molecule has 2 nitrogen and oxygen atoms in total. The maximum atomic E-state index is 6.65. The summed E-state index contributed by atoms with van der Waals surface area (Å²) in [5.74, 6) is 0. The third kappa shape index (κ3) is 6.41. The molecule has 0 fully saturated rings. The van der Waals surface area contributed by atoms with Gasteiger partial charge in [0.25, 0.3) is 0 Å². The summed E-state index contributed by atoms with van der Waals surface area (Å²) >= 11 is 0. The molecule has 0 spiro atoms. The minimum atomic E-state index is -0.564. The van der Waals surface area contributed by atoms with Gasteiger partial charge in [0.05, 0.1) is 10.8 Å². The lowest BCUT2D eigenvalue weighted by molar-refractivity contribution is 0.669. The second-order valence-electron chi connectivity index (χ2n) is 20.2. The van der Waals surface area contributed by atoms with Crippen LogP contribution in [-0.4, -0.2) is 0 Å². The standard InChI is InChI=1S/C74H49NO/c1-5-25-52(26-6-1)73(53-27-7-2-8-28-53)67-42-16-13-35-61(67)65-40-21-38-59(71(65)73)50-23-19-33-56(47-50)75(58-45-46-64-63-37-15-18-44-69(63)76-70(64)49-58)57-34-20-24-51(48-57)60-39-22-41-66-62-36-14-17-43-68(62)74(72(60)66,54-29-9-3-10-30-54)55-31-11-4-12-32-55/h1-49H. The van der Waals surface area contributed by atoms with E-state index in [2.05, 4.69) is 296 Å². The van der Waals surface area contributed by atoms with Gasteiger partial charge < -0.3 is 9.32 Å². The number of benzene rings is 12. The first-order valence-electron chi connectivity index (χ1n) is 26.3. The highest BCUT2D eigenvalue weighted by Gasteiger charge is 2.49. The van der Waals surface area contributed by atoms with E-state index in [-0.39, 0.29) is 0 Å². The normalized spacial score (nSPS) is 13.5. The SMILES string of the molecule is c1ccc(C2(c3ccccc3)c3ccccc3-c3cccc(-c4cccc(N(c5cccc(-c6cccc7c6C(c6ccccc6)(c6ccccc6)c6ccccc6-7)c5)c5ccc6c(c5)oc5ccccc56)c4)c32)cc1. The molecule has 2 aliphatic rings.